The van der Waals surface area contributed by atoms with Gasteiger partial charge in [-0.3, -0.25) is 4.90 Å². The Labute approximate surface area is 145 Å². The maximum absolute atomic E-state index is 12.1. The van der Waals surface area contributed by atoms with E-state index in [1.807, 2.05) is 0 Å². The van der Waals surface area contributed by atoms with Crippen LogP contribution in [0.15, 0.2) is 4.99 Å². The van der Waals surface area contributed by atoms with Crippen LogP contribution >= 0.6 is 0 Å². The molecule has 0 bridgehead atoms. The third kappa shape index (κ3) is 6.03. The van der Waals surface area contributed by atoms with Crippen molar-refractivity contribution < 1.29 is 14.3 Å². The van der Waals surface area contributed by atoms with Gasteiger partial charge in [-0.25, -0.2) is 4.79 Å². The molecule has 0 saturated carbocycles. The fourth-order valence-corrected chi connectivity index (χ4v) is 2.94. The van der Waals surface area contributed by atoms with Gasteiger partial charge in [-0.2, -0.15) is 4.99 Å². The molecule has 0 unspecified atom stereocenters. The van der Waals surface area contributed by atoms with Crippen molar-refractivity contribution in [1.82, 2.24) is 14.7 Å². The van der Waals surface area contributed by atoms with Crippen LogP contribution in [0, 0.1) is 5.41 Å². The van der Waals surface area contributed by atoms with Gasteiger partial charge >= 0.3 is 6.09 Å². The second-order valence-corrected chi connectivity index (χ2v) is 7.54. The van der Waals surface area contributed by atoms with Crippen LogP contribution in [0.3, 0.4) is 0 Å². The number of ether oxygens (including phenoxy) is 2. The first-order valence-corrected chi connectivity index (χ1v) is 8.86. The maximum atomic E-state index is 12.1. The van der Waals surface area contributed by atoms with E-state index in [-0.39, 0.29) is 5.41 Å². The number of carbonyl (C=O) groups excluding carboxylic acids is 1. The monoisotopic (exact) mass is 340 g/mol. The van der Waals surface area contributed by atoms with Gasteiger partial charge < -0.3 is 19.3 Å². The van der Waals surface area contributed by atoms with Crippen LogP contribution in [0.2, 0.25) is 0 Å². The lowest BCUT2D eigenvalue weighted by Crippen LogP contribution is -2.46. The molecular weight excluding hydrogens is 308 g/mol. The zero-order valence-corrected chi connectivity index (χ0v) is 15.6. The second-order valence-electron chi connectivity index (χ2n) is 7.54. The predicted octanol–water partition coefficient (Wildman–Crippen LogP) is 1.15. The molecule has 0 radical (unpaired) electrons. The number of morpholine rings is 1. The molecule has 138 valence electrons. The first-order chi connectivity index (χ1) is 11.4. The lowest BCUT2D eigenvalue weighted by atomic mass is 9.93. The number of rotatable bonds is 3. The smallest absolute Gasteiger partial charge is 0.435 e. The summed E-state index contributed by atoms with van der Waals surface area (Å²) in [5.41, 5.74) is -0.201. The van der Waals surface area contributed by atoms with Crippen molar-refractivity contribution in [2.45, 2.75) is 20.8 Å². The van der Waals surface area contributed by atoms with Gasteiger partial charge in [0.15, 0.2) is 0 Å². The SMILES string of the molecule is CN1CCN(CCOC(=O)N=C(N2CCOCC2)C(C)(C)C)CC1. The average Bonchev–Trinajstić information content (AvgIpc) is 2.54. The Morgan fingerprint density at radius 2 is 1.71 bits per heavy atom. The third-order valence-electron chi connectivity index (χ3n) is 4.41. The summed E-state index contributed by atoms with van der Waals surface area (Å²) in [6, 6.07) is 0. The summed E-state index contributed by atoms with van der Waals surface area (Å²) in [5.74, 6) is 0.787. The normalized spacial score (nSPS) is 21.8. The number of hydrogen-bond acceptors (Lipinski definition) is 5. The number of piperazine rings is 1. The number of carbonyl (C=O) groups is 1. The van der Waals surface area contributed by atoms with Gasteiger partial charge in [-0.15, -0.1) is 0 Å². The van der Waals surface area contributed by atoms with Crippen LogP contribution in [0.5, 0.6) is 0 Å². The fraction of sp³-hybridized carbons (Fsp3) is 0.882. The summed E-state index contributed by atoms with van der Waals surface area (Å²) in [6.45, 7) is 14.4. The van der Waals surface area contributed by atoms with Crippen LogP contribution in [-0.2, 0) is 9.47 Å². The molecule has 2 saturated heterocycles. The van der Waals surface area contributed by atoms with Crippen LogP contribution in [0.4, 0.5) is 4.79 Å². The van der Waals surface area contributed by atoms with Gasteiger partial charge in [0, 0.05) is 51.2 Å². The van der Waals surface area contributed by atoms with Crippen LogP contribution in [0.25, 0.3) is 0 Å². The summed E-state index contributed by atoms with van der Waals surface area (Å²) < 4.78 is 10.7. The standard InChI is InChI=1S/C17H32N4O3/c1-17(2,3)15(21-10-12-23-13-11-21)18-16(22)24-14-9-20-7-5-19(4)6-8-20/h5-14H2,1-4H3. The molecule has 7 heteroatoms. The first kappa shape index (κ1) is 19.1. The molecule has 0 N–H and O–H groups in total. The van der Waals surface area contributed by atoms with E-state index in [2.05, 4.69) is 47.5 Å². The molecule has 7 nitrogen and oxygen atoms in total. The summed E-state index contributed by atoms with van der Waals surface area (Å²) >= 11 is 0. The van der Waals surface area contributed by atoms with Crippen molar-refractivity contribution >= 4 is 11.9 Å². The minimum absolute atomic E-state index is 0.201. The first-order valence-electron chi connectivity index (χ1n) is 8.86. The van der Waals surface area contributed by atoms with Crippen molar-refractivity contribution in [3.8, 4) is 0 Å². The van der Waals surface area contributed by atoms with E-state index in [4.69, 9.17) is 9.47 Å². The van der Waals surface area contributed by atoms with Gasteiger partial charge in [0.2, 0.25) is 0 Å². The minimum Gasteiger partial charge on any atom is -0.447 e. The molecule has 24 heavy (non-hydrogen) atoms. The molecular formula is C17H32N4O3. The molecule has 1 amide bonds. The van der Waals surface area contributed by atoms with Crippen molar-refractivity contribution in [3.63, 3.8) is 0 Å². The Kier molecular flexibility index (Phi) is 7.01. The predicted molar refractivity (Wildman–Crippen MR) is 94.6 cm³/mol. The van der Waals surface area contributed by atoms with Crippen molar-refractivity contribution in [1.29, 1.82) is 0 Å². The molecule has 2 aliphatic rings. The molecule has 0 spiro atoms. The van der Waals surface area contributed by atoms with Gasteiger partial charge in [0.1, 0.15) is 12.4 Å². The topological polar surface area (TPSA) is 57.6 Å². The molecule has 2 fully saturated rings. The molecule has 0 aliphatic carbocycles. The molecule has 0 aromatic heterocycles. The Hall–Kier alpha value is -1.18. The minimum atomic E-state index is -0.486. The number of likely N-dealkylation sites (N-methyl/N-ethyl adjacent to an activating group) is 1. The Morgan fingerprint density at radius 3 is 2.29 bits per heavy atom. The summed E-state index contributed by atoms with van der Waals surface area (Å²) in [6.07, 6.45) is -0.486. The Balaban J connectivity index is 1.83. The zero-order valence-electron chi connectivity index (χ0n) is 15.6. The lowest BCUT2D eigenvalue weighted by molar-refractivity contribution is 0.0641. The van der Waals surface area contributed by atoms with Gasteiger partial charge in [-0.1, -0.05) is 20.8 Å². The van der Waals surface area contributed by atoms with Crippen molar-refractivity contribution in [2.24, 2.45) is 10.4 Å². The van der Waals surface area contributed by atoms with E-state index >= 15 is 0 Å². The van der Waals surface area contributed by atoms with E-state index in [0.717, 1.165) is 51.6 Å². The third-order valence-corrected chi connectivity index (χ3v) is 4.41. The fourth-order valence-electron chi connectivity index (χ4n) is 2.94. The summed E-state index contributed by atoms with van der Waals surface area (Å²) in [7, 11) is 2.13. The second kappa shape index (κ2) is 8.78. The molecule has 2 heterocycles. The largest absolute Gasteiger partial charge is 0.447 e. The molecule has 2 aliphatic heterocycles. The number of amidine groups is 1. The maximum Gasteiger partial charge on any atom is 0.435 e. The van der Waals surface area contributed by atoms with Gasteiger partial charge in [0.25, 0.3) is 0 Å². The van der Waals surface area contributed by atoms with Crippen molar-refractivity contribution in [3.05, 3.63) is 0 Å². The van der Waals surface area contributed by atoms with E-state index < -0.39 is 6.09 Å². The quantitative estimate of drug-likeness (QED) is 0.567. The van der Waals surface area contributed by atoms with E-state index in [1.54, 1.807) is 0 Å². The number of amides is 1. The number of hydrogen-bond donors (Lipinski definition) is 0. The van der Waals surface area contributed by atoms with E-state index in [0.29, 0.717) is 19.8 Å². The molecule has 0 aromatic carbocycles. The Bertz CT molecular complexity index is 434. The van der Waals surface area contributed by atoms with E-state index in [1.165, 1.54) is 0 Å². The van der Waals surface area contributed by atoms with Gasteiger partial charge in [0.05, 0.1) is 13.2 Å². The lowest BCUT2D eigenvalue weighted by Gasteiger charge is -2.35. The summed E-state index contributed by atoms with van der Waals surface area (Å²) in [4.78, 5) is 23.2. The number of nitrogens with zero attached hydrogens (tertiary/aromatic N) is 4. The molecule has 0 atom stereocenters. The molecule has 0 aromatic rings. The number of aliphatic imine (C=N–C) groups is 1. The summed E-state index contributed by atoms with van der Waals surface area (Å²) in [5, 5.41) is 0. The van der Waals surface area contributed by atoms with Crippen molar-refractivity contribution in [2.75, 3.05) is 72.7 Å². The molecule has 2 rings (SSSR count). The Morgan fingerprint density at radius 1 is 1.08 bits per heavy atom. The average molecular weight is 340 g/mol. The highest BCUT2D eigenvalue weighted by molar-refractivity contribution is 5.95. The highest BCUT2D eigenvalue weighted by Gasteiger charge is 2.27. The van der Waals surface area contributed by atoms with Crippen LogP contribution in [-0.4, -0.2) is 99.3 Å². The van der Waals surface area contributed by atoms with Crippen LogP contribution < -0.4 is 0 Å². The highest BCUT2D eigenvalue weighted by atomic mass is 16.5. The van der Waals surface area contributed by atoms with Crippen LogP contribution in [0.1, 0.15) is 20.8 Å². The van der Waals surface area contributed by atoms with E-state index in [9.17, 15) is 4.79 Å². The van der Waals surface area contributed by atoms with Gasteiger partial charge in [-0.05, 0) is 7.05 Å². The zero-order chi connectivity index (χ0) is 17.6. The highest BCUT2D eigenvalue weighted by Crippen LogP contribution is 2.20.